The number of carbonyl (C=O) groups is 2. The van der Waals surface area contributed by atoms with Crippen LogP contribution in [0.5, 0.6) is 0 Å². The molecule has 0 rings (SSSR count). The topological polar surface area (TPSA) is 147 Å². The highest BCUT2D eigenvalue weighted by Gasteiger charge is 2.23. The Morgan fingerprint density at radius 1 is 1.41 bits per heavy atom. The van der Waals surface area contributed by atoms with E-state index in [1.807, 2.05) is 0 Å². The van der Waals surface area contributed by atoms with E-state index in [2.05, 4.69) is 4.18 Å². The van der Waals surface area contributed by atoms with Crippen LogP contribution < -0.4 is 0 Å². The van der Waals surface area contributed by atoms with Crippen LogP contribution in [0.1, 0.15) is 6.42 Å². The number of carboxylic acids is 1. The lowest BCUT2D eigenvalue weighted by molar-refractivity contribution is -0.158. The lowest BCUT2D eigenvalue weighted by Gasteiger charge is -2.18. The minimum Gasteiger partial charge on any atom is -0.479 e. The maximum Gasteiger partial charge on any atom is 0.397 e. The van der Waals surface area contributed by atoms with Crippen molar-refractivity contribution in [2.24, 2.45) is 0 Å². The molecule has 100 valence electrons. The fraction of sp³-hybridized carbons (Fsp3) is 0.714. The smallest absolute Gasteiger partial charge is 0.397 e. The molecule has 0 aliphatic rings. The van der Waals surface area contributed by atoms with Crippen molar-refractivity contribution in [2.75, 3.05) is 13.2 Å². The highest BCUT2D eigenvalue weighted by atomic mass is 32.3. The molecule has 0 amide bonds. The molecule has 0 aromatic carbocycles. The third-order valence-corrected chi connectivity index (χ3v) is 1.98. The van der Waals surface area contributed by atoms with Crippen molar-refractivity contribution in [3.8, 4) is 0 Å². The Labute approximate surface area is 96.9 Å². The second-order valence-corrected chi connectivity index (χ2v) is 3.97. The van der Waals surface area contributed by atoms with E-state index in [0.29, 0.717) is 6.29 Å². The monoisotopic (exact) mass is 272 g/mol. The first kappa shape index (κ1) is 15.9. The number of aliphatic hydroxyl groups excluding tert-OH is 1. The van der Waals surface area contributed by atoms with Crippen LogP contribution in [0.2, 0.25) is 0 Å². The van der Waals surface area contributed by atoms with Crippen molar-refractivity contribution in [2.45, 2.75) is 18.6 Å². The van der Waals surface area contributed by atoms with Gasteiger partial charge in [0, 0.05) is 6.42 Å². The molecule has 2 unspecified atom stereocenters. The average molecular weight is 272 g/mol. The number of carbonyl (C=O) groups excluding carboxylic acids is 1. The van der Waals surface area contributed by atoms with Crippen LogP contribution >= 0.6 is 0 Å². The molecule has 0 bridgehead atoms. The van der Waals surface area contributed by atoms with Crippen LogP contribution in [0.25, 0.3) is 0 Å². The molecule has 0 fully saturated rings. The third-order valence-electron chi connectivity index (χ3n) is 1.55. The summed E-state index contributed by atoms with van der Waals surface area (Å²) in [4.78, 5) is 20.7. The van der Waals surface area contributed by atoms with E-state index >= 15 is 0 Å². The number of hydrogen-bond acceptors (Lipinski definition) is 7. The molecule has 9 nitrogen and oxygen atoms in total. The van der Waals surface area contributed by atoms with Crippen molar-refractivity contribution in [3.63, 3.8) is 0 Å². The van der Waals surface area contributed by atoms with E-state index in [1.165, 1.54) is 0 Å². The van der Waals surface area contributed by atoms with Gasteiger partial charge in [0.1, 0.15) is 12.4 Å². The Bertz CT molecular complexity index is 348. The predicted octanol–water partition coefficient (Wildman–Crippen LogP) is -1.77. The molecular weight excluding hydrogens is 260 g/mol. The van der Waals surface area contributed by atoms with Crippen molar-refractivity contribution in [1.82, 2.24) is 0 Å². The van der Waals surface area contributed by atoms with Gasteiger partial charge in [-0.15, -0.1) is 0 Å². The van der Waals surface area contributed by atoms with Crippen LogP contribution in [0.3, 0.4) is 0 Å². The summed E-state index contributed by atoms with van der Waals surface area (Å²) in [6.07, 6.45) is -2.97. The number of aliphatic hydroxyl groups is 1. The molecule has 2 atom stereocenters. The summed E-state index contributed by atoms with van der Waals surface area (Å²) < 4.78 is 37.3. The Morgan fingerprint density at radius 2 is 2.00 bits per heavy atom. The van der Waals surface area contributed by atoms with Gasteiger partial charge in [0.2, 0.25) is 0 Å². The van der Waals surface area contributed by atoms with Crippen LogP contribution in [-0.4, -0.2) is 60.9 Å². The molecular formula is C7H12O9S. The second kappa shape index (κ2) is 7.29. The van der Waals surface area contributed by atoms with E-state index in [0.717, 1.165) is 0 Å². The molecule has 10 heteroatoms. The average Bonchev–Trinajstić information content (AvgIpc) is 2.21. The quantitative estimate of drug-likeness (QED) is 0.327. The van der Waals surface area contributed by atoms with E-state index in [1.54, 1.807) is 0 Å². The lowest BCUT2D eigenvalue weighted by atomic mass is 10.2. The minimum atomic E-state index is -4.71. The lowest BCUT2D eigenvalue weighted by Crippen LogP contribution is -2.34. The number of aldehydes is 1. The van der Waals surface area contributed by atoms with E-state index in [4.69, 9.17) is 19.5 Å². The van der Waals surface area contributed by atoms with Gasteiger partial charge in [-0.2, -0.15) is 8.42 Å². The SMILES string of the molecule is O=CCC(OC(CO)COS(=O)(=O)O)C(=O)O. The molecule has 3 N–H and O–H groups in total. The summed E-state index contributed by atoms with van der Waals surface area (Å²) in [5.41, 5.74) is 0. The number of aliphatic carboxylic acids is 1. The van der Waals surface area contributed by atoms with Crippen molar-refractivity contribution < 1.29 is 41.7 Å². The summed E-state index contributed by atoms with van der Waals surface area (Å²) in [5.74, 6) is -1.44. The first-order valence-electron chi connectivity index (χ1n) is 4.34. The Morgan fingerprint density at radius 3 is 2.35 bits per heavy atom. The van der Waals surface area contributed by atoms with Gasteiger partial charge in [-0.3, -0.25) is 4.55 Å². The Balaban J connectivity index is 4.35. The maximum absolute atomic E-state index is 10.6. The van der Waals surface area contributed by atoms with Gasteiger partial charge in [-0.1, -0.05) is 0 Å². The molecule has 0 aromatic rings. The number of rotatable bonds is 9. The zero-order chi connectivity index (χ0) is 13.5. The molecule has 17 heavy (non-hydrogen) atoms. The van der Waals surface area contributed by atoms with E-state index < -0.39 is 48.2 Å². The number of carboxylic acid groups (broad SMARTS) is 1. The highest BCUT2D eigenvalue weighted by Crippen LogP contribution is 2.04. The Kier molecular flexibility index (Phi) is 6.83. The standard InChI is InChI=1S/C7H12O9S/c8-2-1-6(7(10)11)16-5(3-9)4-15-17(12,13)14/h2,5-6,9H,1,3-4H2,(H,10,11)(H,12,13,14). The Hall–Kier alpha value is -1.07. The molecule has 0 aliphatic carbocycles. The zero-order valence-electron chi connectivity index (χ0n) is 8.55. The number of ether oxygens (including phenoxy) is 1. The molecule has 0 heterocycles. The summed E-state index contributed by atoms with van der Waals surface area (Å²) in [6, 6.07) is 0. The van der Waals surface area contributed by atoms with Gasteiger partial charge < -0.3 is 19.7 Å². The van der Waals surface area contributed by atoms with Gasteiger partial charge in [-0.05, 0) is 0 Å². The van der Waals surface area contributed by atoms with Crippen molar-refractivity contribution in [3.05, 3.63) is 0 Å². The maximum atomic E-state index is 10.6. The van der Waals surface area contributed by atoms with Crippen LogP contribution in [-0.2, 0) is 28.9 Å². The second-order valence-electron chi connectivity index (χ2n) is 2.88. The summed E-state index contributed by atoms with van der Waals surface area (Å²) in [7, 11) is -4.71. The van der Waals surface area contributed by atoms with E-state index in [-0.39, 0.29) is 0 Å². The zero-order valence-corrected chi connectivity index (χ0v) is 9.37. The van der Waals surface area contributed by atoms with Crippen LogP contribution in [0.15, 0.2) is 0 Å². The normalized spacial score (nSPS) is 15.2. The summed E-state index contributed by atoms with van der Waals surface area (Å²) in [5, 5.41) is 17.4. The highest BCUT2D eigenvalue weighted by molar-refractivity contribution is 7.80. The van der Waals surface area contributed by atoms with Gasteiger partial charge in [0.25, 0.3) is 0 Å². The van der Waals surface area contributed by atoms with Gasteiger partial charge >= 0.3 is 16.4 Å². The van der Waals surface area contributed by atoms with E-state index in [9.17, 15) is 18.0 Å². The van der Waals surface area contributed by atoms with Gasteiger partial charge in [-0.25, -0.2) is 8.98 Å². The first-order valence-corrected chi connectivity index (χ1v) is 5.71. The minimum absolute atomic E-state index is 0.302. The molecule has 0 saturated carbocycles. The molecule has 0 saturated heterocycles. The molecule has 0 radical (unpaired) electrons. The van der Waals surface area contributed by atoms with Gasteiger partial charge in [0.05, 0.1) is 13.2 Å². The van der Waals surface area contributed by atoms with Crippen molar-refractivity contribution in [1.29, 1.82) is 0 Å². The fourth-order valence-corrected chi connectivity index (χ4v) is 1.15. The van der Waals surface area contributed by atoms with Crippen LogP contribution in [0.4, 0.5) is 0 Å². The molecule has 0 aliphatic heterocycles. The van der Waals surface area contributed by atoms with Crippen molar-refractivity contribution >= 4 is 22.7 Å². The van der Waals surface area contributed by atoms with Gasteiger partial charge in [0.15, 0.2) is 6.10 Å². The number of hydrogen-bond donors (Lipinski definition) is 3. The first-order chi connectivity index (χ1) is 7.80. The fourth-order valence-electron chi connectivity index (χ4n) is 0.831. The third kappa shape index (κ3) is 7.76. The predicted molar refractivity (Wildman–Crippen MR) is 51.6 cm³/mol. The summed E-state index contributed by atoms with van der Waals surface area (Å²) >= 11 is 0. The summed E-state index contributed by atoms with van der Waals surface area (Å²) in [6.45, 7) is -1.50. The molecule has 0 aromatic heterocycles. The van der Waals surface area contributed by atoms with Crippen LogP contribution in [0, 0.1) is 0 Å². The molecule has 0 spiro atoms. The largest absolute Gasteiger partial charge is 0.479 e.